The number of halogens is 1. The van der Waals surface area contributed by atoms with Gasteiger partial charge in [-0.15, -0.1) is 15.0 Å². The molecule has 1 amide bonds. The lowest BCUT2D eigenvalue weighted by molar-refractivity contribution is 0.0673. The van der Waals surface area contributed by atoms with Gasteiger partial charge in [0.15, 0.2) is 5.82 Å². The van der Waals surface area contributed by atoms with Crippen molar-refractivity contribution in [3.8, 4) is 5.69 Å². The van der Waals surface area contributed by atoms with Gasteiger partial charge in [-0.1, -0.05) is 17.7 Å². The number of ether oxygens (including phenoxy) is 1. The van der Waals surface area contributed by atoms with Crippen molar-refractivity contribution in [3.63, 3.8) is 0 Å². The Morgan fingerprint density at radius 3 is 2.76 bits per heavy atom. The molecule has 2 heterocycles. The average Bonchev–Trinajstić information content (AvgIpc) is 3.11. The smallest absolute Gasteiger partial charge is 0.409 e. The number of carbonyl (C=O) groups is 1. The molecule has 0 unspecified atom stereocenters. The van der Waals surface area contributed by atoms with Crippen LogP contribution in [-0.4, -0.2) is 68.9 Å². The standard InChI is InChI=1S/C16H21ClN6O2/c1-3-25-16(24)22-9-7-21(8-10-22)12(2)15-18-20-23(19-15)14-6-4-5-13(17)11-14/h4-6,11-12H,3,7-10H2,1-2H3/t12-/m1/s1. The van der Waals surface area contributed by atoms with Gasteiger partial charge in [-0.05, 0) is 37.3 Å². The van der Waals surface area contributed by atoms with E-state index in [1.165, 1.54) is 4.80 Å². The molecule has 1 saturated heterocycles. The quantitative estimate of drug-likeness (QED) is 0.827. The number of tetrazole rings is 1. The molecule has 2 aromatic rings. The second-order valence-corrected chi connectivity index (χ2v) is 6.25. The predicted octanol–water partition coefficient (Wildman–Crippen LogP) is 2.15. The summed E-state index contributed by atoms with van der Waals surface area (Å²) in [6.07, 6.45) is -0.250. The zero-order valence-electron chi connectivity index (χ0n) is 14.3. The van der Waals surface area contributed by atoms with E-state index >= 15 is 0 Å². The van der Waals surface area contributed by atoms with Gasteiger partial charge in [-0.3, -0.25) is 4.90 Å². The number of hydrogen-bond donors (Lipinski definition) is 0. The number of nitrogens with zero attached hydrogens (tertiary/aromatic N) is 6. The zero-order chi connectivity index (χ0) is 17.8. The lowest BCUT2D eigenvalue weighted by Gasteiger charge is -2.36. The van der Waals surface area contributed by atoms with Crippen molar-refractivity contribution in [3.05, 3.63) is 35.1 Å². The molecule has 1 aromatic carbocycles. The van der Waals surface area contributed by atoms with E-state index in [1.54, 1.807) is 17.0 Å². The maximum atomic E-state index is 11.8. The number of aromatic nitrogens is 4. The third-order valence-electron chi connectivity index (χ3n) is 4.23. The van der Waals surface area contributed by atoms with Crippen molar-refractivity contribution >= 4 is 17.7 Å². The first kappa shape index (κ1) is 17.6. The fourth-order valence-electron chi connectivity index (χ4n) is 2.77. The van der Waals surface area contributed by atoms with Crippen molar-refractivity contribution in [1.82, 2.24) is 30.0 Å². The highest BCUT2D eigenvalue weighted by Crippen LogP contribution is 2.19. The molecule has 0 spiro atoms. The maximum Gasteiger partial charge on any atom is 0.409 e. The van der Waals surface area contributed by atoms with Crippen LogP contribution in [0.2, 0.25) is 5.02 Å². The molecule has 0 N–H and O–H groups in total. The molecule has 0 saturated carbocycles. The van der Waals surface area contributed by atoms with E-state index in [4.69, 9.17) is 16.3 Å². The molecule has 0 radical (unpaired) electrons. The van der Waals surface area contributed by atoms with Gasteiger partial charge in [-0.25, -0.2) is 4.79 Å². The lowest BCUT2D eigenvalue weighted by atomic mass is 10.2. The Kier molecular flexibility index (Phi) is 5.50. The van der Waals surface area contributed by atoms with Gasteiger partial charge in [0.2, 0.25) is 0 Å². The van der Waals surface area contributed by atoms with Gasteiger partial charge in [0.05, 0.1) is 18.3 Å². The maximum absolute atomic E-state index is 11.8. The van der Waals surface area contributed by atoms with Gasteiger partial charge in [-0.2, -0.15) is 0 Å². The minimum Gasteiger partial charge on any atom is -0.450 e. The third-order valence-corrected chi connectivity index (χ3v) is 4.46. The number of piperazine rings is 1. The summed E-state index contributed by atoms with van der Waals surface area (Å²) in [5.41, 5.74) is 0.769. The summed E-state index contributed by atoms with van der Waals surface area (Å²) in [5, 5.41) is 13.4. The van der Waals surface area contributed by atoms with Crippen LogP contribution in [-0.2, 0) is 4.74 Å². The summed E-state index contributed by atoms with van der Waals surface area (Å²) in [4.78, 5) is 17.2. The molecule has 9 heteroatoms. The number of carbonyl (C=O) groups excluding carboxylic acids is 1. The van der Waals surface area contributed by atoms with Crippen molar-refractivity contribution < 1.29 is 9.53 Å². The van der Waals surface area contributed by atoms with Crippen LogP contribution in [0.25, 0.3) is 5.69 Å². The van der Waals surface area contributed by atoms with Gasteiger partial charge in [0, 0.05) is 31.2 Å². The first-order valence-electron chi connectivity index (χ1n) is 8.30. The molecule has 25 heavy (non-hydrogen) atoms. The second-order valence-electron chi connectivity index (χ2n) is 5.81. The molecule has 1 aliphatic heterocycles. The van der Waals surface area contributed by atoms with Crippen LogP contribution < -0.4 is 0 Å². The summed E-state index contributed by atoms with van der Waals surface area (Å²) >= 11 is 6.01. The number of amides is 1. The van der Waals surface area contributed by atoms with Crippen LogP contribution in [0.3, 0.4) is 0 Å². The summed E-state index contributed by atoms with van der Waals surface area (Å²) in [6, 6.07) is 7.32. The largest absolute Gasteiger partial charge is 0.450 e. The van der Waals surface area contributed by atoms with E-state index in [9.17, 15) is 4.79 Å². The fourth-order valence-corrected chi connectivity index (χ4v) is 2.96. The van der Waals surface area contributed by atoms with Gasteiger partial charge in [0.1, 0.15) is 0 Å². The summed E-state index contributed by atoms with van der Waals surface area (Å²) in [7, 11) is 0. The van der Waals surface area contributed by atoms with Gasteiger partial charge in [0.25, 0.3) is 0 Å². The molecule has 8 nitrogen and oxygen atoms in total. The molecule has 0 bridgehead atoms. The SMILES string of the molecule is CCOC(=O)N1CCN([C@H](C)c2nnn(-c3cccc(Cl)c3)n2)CC1. The molecular formula is C16H21ClN6O2. The van der Waals surface area contributed by atoms with Crippen LogP contribution >= 0.6 is 11.6 Å². The predicted molar refractivity (Wildman–Crippen MR) is 92.7 cm³/mol. The van der Waals surface area contributed by atoms with E-state index < -0.39 is 0 Å². The summed E-state index contributed by atoms with van der Waals surface area (Å²) < 4.78 is 5.04. The van der Waals surface area contributed by atoms with E-state index in [2.05, 4.69) is 20.3 Å². The molecule has 3 rings (SSSR count). The summed E-state index contributed by atoms with van der Waals surface area (Å²) in [5.74, 6) is 0.643. The Bertz CT molecular complexity index is 729. The highest BCUT2D eigenvalue weighted by atomic mass is 35.5. The topological polar surface area (TPSA) is 76.4 Å². The normalized spacial score (nSPS) is 16.7. The highest BCUT2D eigenvalue weighted by Gasteiger charge is 2.27. The lowest BCUT2D eigenvalue weighted by Crippen LogP contribution is -2.49. The Balaban J connectivity index is 1.63. The van der Waals surface area contributed by atoms with Crippen LogP contribution in [0.1, 0.15) is 25.7 Å². The van der Waals surface area contributed by atoms with E-state index in [0.29, 0.717) is 30.5 Å². The Morgan fingerprint density at radius 1 is 1.32 bits per heavy atom. The van der Waals surface area contributed by atoms with Gasteiger partial charge >= 0.3 is 6.09 Å². The molecule has 1 aliphatic rings. The van der Waals surface area contributed by atoms with Crippen molar-refractivity contribution in [2.24, 2.45) is 0 Å². The highest BCUT2D eigenvalue weighted by molar-refractivity contribution is 6.30. The van der Waals surface area contributed by atoms with Crippen LogP contribution in [0.4, 0.5) is 4.79 Å². The van der Waals surface area contributed by atoms with E-state index in [0.717, 1.165) is 18.8 Å². The monoisotopic (exact) mass is 364 g/mol. The molecule has 1 aromatic heterocycles. The van der Waals surface area contributed by atoms with Crippen molar-refractivity contribution in [2.45, 2.75) is 19.9 Å². The third kappa shape index (κ3) is 4.08. The van der Waals surface area contributed by atoms with Gasteiger partial charge < -0.3 is 9.64 Å². The number of benzene rings is 1. The Morgan fingerprint density at radius 2 is 2.08 bits per heavy atom. The first-order chi connectivity index (χ1) is 12.1. The van der Waals surface area contributed by atoms with Crippen molar-refractivity contribution in [1.29, 1.82) is 0 Å². The molecule has 0 aliphatic carbocycles. The molecular weight excluding hydrogens is 344 g/mol. The second kappa shape index (κ2) is 7.79. The molecule has 1 fully saturated rings. The van der Waals surface area contributed by atoms with E-state index in [1.807, 2.05) is 26.0 Å². The van der Waals surface area contributed by atoms with Crippen LogP contribution in [0.15, 0.2) is 24.3 Å². The Labute approximate surface area is 151 Å². The van der Waals surface area contributed by atoms with E-state index in [-0.39, 0.29) is 12.1 Å². The minimum absolute atomic E-state index is 0.0114. The number of hydrogen-bond acceptors (Lipinski definition) is 6. The van der Waals surface area contributed by atoms with Crippen LogP contribution in [0, 0.1) is 0 Å². The average molecular weight is 365 g/mol. The zero-order valence-corrected chi connectivity index (χ0v) is 15.1. The molecule has 134 valence electrons. The fraction of sp³-hybridized carbons (Fsp3) is 0.500. The number of rotatable bonds is 4. The van der Waals surface area contributed by atoms with Crippen molar-refractivity contribution in [2.75, 3.05) is 32.8 Å². The Hall–Kier alpha value is -2.19. The minimum atomic E-state index is -0.250. The first-order valence-corrected chi connectivity index (χ1v) is 8.68. The molecule has 1 atom stereocenters. The summed E-state index contributed by atoms with van der Waals surface area (Å²) in [6.45, 7) is 6.99. The van der Waals surface area contributed by atoms with Crippen LogP contribution in [0.5, 0.6) is 0 Å².